The molecule has 4 nitrogen and oxygen atoms in total. The fourth-order valence-corrected chi connectivity index (χ4v) is 24.6. The maximum Gasteiger partial charge on any atom is 0.255 e. The van der Waals surface area contributed by atoms with Gasteiger partial charge >= 0.3 is 0 Å². The molecule has 15 aromatic rings. The van der Waals surface area contributed by atoms with Gasteiger partial charge in [0.1, 0.15) is 0 Å². The summed E-state index contributed by atoms with van der Waals surface area (Å²) in [5.41, 5.74) is 39.1. The minimum atomic E-state index is -0.367. The Hall–Kier alpha value is -10.9. The van der Waals surface area contributed by atoms with Crippen molar-refractivity contribution in [1.29, 1.82) is 0 Å². The van der Waals surface area contributed by atoms with Crippen LogP contribution in [-0.2, 0) is 16.2 Å². The van der Waals surface area contributed by atoms with Crippen molar-refractivity contribution in [2.24, 2.45) is 0 Å². The summed E-state index contributed by atoms with van der Waals surface area (Å²) in [5.74, 6) is 0. The summed E-state index contributed by atoms with van der Waals surface area (Å²) in [5, 5.41) is 0. The van der Waals surface area contributed by atoms with Crippen LogP contribution in [0.1, 0.15) is 79.0 Å². The van der Waals surface area contributed by atoms with Crippen molar-refractivity contribution in [1.82, 2.24) is 0 Å². The zero-order chi connectivity index (χ0) is 75.8. The zero-order valence-corrected chi connectivity index (χ0v) is 67.8. The molecule has 8 heterocycles. The van der Waals surface area contributed by atoms with Crippen LogP contribution in [0.5, 0.6) is 0 Å². The predicted octanol–water partition coefficient (Wildman–Crippen LogP) is 22.8. The van der Waals surface area contributed by atoms with Crippen LogP contribution in [0.2, 0.25) is 0 Å². The van der Waals surface area contributed by atoms with Gasteiger partial charge in [-0.1, -0.05) is 327 Å². The van der Waals surface area contributed by atoms with E-state index < -0.39 is 0 Å². The summed E-state index contributed by atoms with van der Waals surface area (Å²) in [7, 11) is 0. The van der Waals surface area contributed by atoms with Crippen molar-refractivity contribution in [3.63, 3.8) is 0 Å². The highest BCUT2D eigenvalue weighted by molar-refractivity contribution is 8.01. The molecule has 0 spiro atoms. The molecule has 538 valence electrons. The SMILES string of the molecule is CC(C)(C)c1cc(-c2ccccc2)c(N2c3cc(C(C)(C)C)cc4c3B(c3c2cc2c5c3Sc3ccccc3B5c3cccc5c3N2c2ccccc2S5)c2c(cc3c5c2Sc2ccccc2B5c2cccc5c2N3c2ccccc2S5)N4c2c(-c3ccccc3)cc(C(C)(C)C)cc2-c2ccccc2)c(-c2ccccc2)c1. The Morgan fingerprint density at radius 1 is 0.212 bits per heavy atom. The van der Waals surface area contributed by atoms with Gasteiger partial charge in [-0.15, -0.1) is 0 Å². The second-order valence-electron chi connectivity index (χ2n) is 34.6. The van der Waals surface area contributed by atoms with E-state index >= 15 is 0 Å². The highest BCUT2D eigenvalue weighted by atomic mass is 32.2. The molecule has 15 aromatic carbocycles. The van der Waals surface area contributed by atoms with Crippen LogP contribution < -0.4 is 68.8 Å². The van der Waals surface area contributed by atoms with Gasteiger partial charge in [0.25, 0.3) is 6.71 Å². The van der Waals surface area contributed by atoms with E-state index in [-0.39, 0.29) is 36.4 Å². The van der Waals surface area contributed by atoms with Gasteiger partial charge in [0, 0.05) is 95.5 Å². The van der Waals surface area contributed by atoms with Crippen molar-refractivity contribution >= 4 is 185 Å². The minimum Gasteiger partial charge on any atom is -0.310 e. The van der Waals surface area contributed by atoms with Gasteiger partial charge in [0.15, 0.2) is 0 Å². The third-order valence-corrected chi connectivity index (χ3v) is 29.6. The predicted molar refractivity (Wildman–Crippen MR) is 486 cm³/mol. The second kappa shape index (κ2) is 24.8. The van der Waals surface area contributed by atoms with Gasteiger partial charge in [-0.2, -0.15) is 0 Å². The summed E-state index contributed by atoms with van der Waals surface area (Å²) in [6.45, 7) is 21.1. The molecular formula is C102H77B3N4S4. The molecule has 0 radical (unpaired) electrons. The number of anilines is 12. The van der Waals surface area contributed by atoms with Crippen molar-refractivity contribution in [2.75, 3.05) is 19.6 Å². The number of hydrogen-bond donors (Lipinski definition) is 0. The molecule has 0 aromatic heterocycles. The molecule has 0 bridgehead atoms. The van der Waals surface area contributed by atoms with Crippen molar-refractivity contribution < 1.29 is 0 Å². The average Bonchev–Trinajstić information content (AvgIpc) is 0.662. The first-order valence-corrected chi connectivity index (χ1v) is 43.0. The molecule has 8 aliphatic heterocycles. The molecule has 0 unspecified atom stereocenters. The van der Waals surface area contributed by atoms with E-state index in [0.717, 1.165) is 11.4 Å². The number of nitrogens with zero attached hydrogens (tertiary/aromatic N) is 4. The van der Waals surface area contributed by atoms with E-state index in [4.69, 9.17) is 0 Å². The summed E-state index contributed by atoms with van der Waals surface area (Å²) in [6, 6.07) is 118. The van der Waals surface area contributed by atoms with E-state index in [1.165, 1.54) is 206 Å². The number of fused-ring (bicyclic) bond motifs is 18. The Labute approximate surface area is 681 Å². The van der Waals surface area contributed by atoms with Crippen molar-refractivity contribution in [3.05, 3.63) is 320 Å². The van der Waals surface area contributed by atoms with Crippen molar-refractivity contribution in [3.8, 4) is 44.5 Å². The van der Waals surface area contributed by atoms with Gasteiger partial charge in [0.2, 0.25) is 13.4 Å². The van der Waals surface area contributed by atoms with Crippen LogP contribution >= 0.6 is 47.0 Å². The molecule has 0 saturated heterocycles. The molecule has 0 N–H and O–H groups in total. The maximum absolute atomic E-state index is 2.85. The van der Waals surface area contributed by atoms with Crippen LogP contribution in [-0.4, -0.2) is 20.1 Å². The molecule has 23 rings (SSSR count). The third-order valence-electron chi connectivity index (χ3n) is 24.9. The standard InChI is InChI=1S/C102H77B3N4S4/c1-100(2,3)64-52-67(60-32-14-10-15-33-60)94(68(53-64)61-34-16-11-17-35-61)108-77-56-66(102(7,8)9)57-78-89(77)105(92-81(108)58-79-90-98(92)112-83-46-26-22-40-71(83)103(90)73-42-30-50-87-96(73)106(79)75-44-24-28-48-85(75)110-87)93-82(109(78)95-69(62-36-18-12-19-37-62)54-65(101(4,5)6)55-70(95)63-38-20-13-21-39-63)59-80-91-99(93)113-84-47-27-23-41-72(84)104(91)74-43-31-51-88-97(74)107(80)76-45-25-29-49-86(76)111-88/h10-59H,1-9H3. The van der Waals surface area contributed by atoms with Crippen LogP contribution in [0.4, 0.5) is 68.2 Å². The molecular weight excluding hydrogens is 1440 g/mol. The molecule has 11 heteroatoms. The third kappa shape index (κ3) is 10.00. The van der Waals surface area contributed by atoms with Gasteiger partial charge in [-0.25, -0.2) is 0 Å². The van der Waals surface area contributed by atoms with E-state index in [2.05, 4.69) is 385 Å². The van der Waals surface area contributed by atoms with E-state index in [9.17, 15) is 0 Å². The lowest BCUT2D eigenvalue weighted by Gasteiger charge is -2.51. The van der Waals surface area contributed by atoms with E-state index in [1.807, 2.05) is 47.0 Å². The van der Waals surface area contributed by atoms with Crippen LogP contribution in [0.15, 0.2) is 342 Å². The fourth-order valence-electron chi connectivity index (χ4n) is 19.7. The highest BCUT2D eigenvalue weighted by Crippen LogP contribution is 2.61. The number of rotatable bonds is 6. The first-order valence-electron chi connectivity index (χ1n) is 39.7. The molecule has 113 heavy (non-hydrogen) atoms. The topological polar surface area (TPSA) is 13.0 Å². The Morgan fingerprint density at radius 2 is 0.487 bits per heavy atom. The number of hydrogen-bond acceptors (Lipinski definition) is 8. The zero-order valence-electron chi connectivity index (χ0n) is 64.5. The lowest BCUT2D eigenvalue weighted by molar-refractivity contribution is 0.590. The summed E-state index contributed by atoms with van der Waals surface area (Å²) < 4.78 is 0. The van der Waals surface area contributed by atoms with Crippen molar-refractivity contribution in [2.45, 2.75) is 118 Å². The molecule has 0 saturated carbocycles. The number of benzene rings is 15. The first-order chi connectivity index (χ1) is 55.0. The molecule has 0 fully saturated rings. The Bertz CT molecular complexity index is 6120. The Kier molecular flexibility index (Phi) is 14.9. The quantitative estimate of drug-likeness (QED) is 0.151. The monoisotopic (exact) mass is 1520 g/mol. The maximum atomic E-state index is 2.85. The van der Waals surface area contributed by atoms with Crippen LogP contribution in [0, 0.1) is 0 Å². The van der Waals surface area contributed by atoms with E-state index in [0.29, 0.717) is 0 Å². The number of para-hydroxylation sites is 4. The van der Waals surface area contributed by atoms with Gasteiger partial charge < -0.3 is 19.6 Å². The largest absolute Gasteiger partial charge is 0.310 e. The summed E-state index contributed by atoms with van der Waals surface area (Å²) in [4.78, 5) is 21.4. The molecule has 0 amide bonds. The van der Waals surface area contributed by atoms with Crippen LogP contribution in [0.3, 0.4) is 0 Å². The average molecular weight is 1520 g/mol. The Morgan fingerprint density at radius 3 is 0.841 bits per heavy atom. The van der Waals surface area contributed by atoms with Gasteiger partial charge in [-0.3, -0.25) is 0 Å². The molecule has 0 aliphatic carbocycles. The lowest BCUT2D eigenvalue weighted by atomic mass is 9.29. The van der Waals surface area contributed by atoms with Gasteiger partial charge in [0.05, 0.1) is 34.1 Å². The minimum absolute atomic E-state index is 0.0822. The Balaban J connectivity index is 0.965. The highest BCUT2D eigenvalue weighted by Gasteiger charge is 2.55. The smallest absolute Gasteiger partial charge is 0.255 e. The second-order valence-corrected chi connectivity index (χ2v) is 38.8. The molecule has 8 aliphatic rings. The van der Waals surface area contributed by atoms with Crippen LogP contribution in [0.25, 0.3) is 44.5 Å². The lowest BCUT2D eigenvalue weighted by Crippen LogP contribution is -2.68. The van der Waals surface area contributed by atoms with Gasteiger partial charge in [-0.05, 0) is 190 Å². The summed E-state index contributed by atoms with van der Waals surface area (Å²) >= 11 is 7.86. The molecule has 0 atom stereocenters. The normalized spacial score (nSPS) is 14.5. The summed E-state index contributed by atoms with van der Waals surface area (Å²) in [6.07, 6.45) is 0. The first kappa shape index (κ1) is 67.8. The fraction of sp³-hybridized carbons (Fsp3) is 0.118. The van der Waals surface area contributed by atoms with E-state index in [1.54, 1.807) is 0 Å².